The Hall–Kier alpha value is -3.05. The number of benzene rings is 1. The van der Waals surface area contributed by atoms with E-state index >= 15 is 0 Å². The number of hydrogen-bond donors (Lipinski definition) is 2. The lowest BCUT2D eigenvalue weighted by Gasteiger charge is -2.48. The first kappa shape index (κ1) is 25.6. The Kier molecular flexibility index (Phi) is 6.47. The SMILES string of the molecule is Cn1c(C(=O)NC2CC2)nc2c1CN([C@H]1CO[C@H](c3cc(F)ccc3F)[C@@H](N(C(=O)O)C(C)(C)C)C1)C2. The van der Waals surface area contributed by atoms with Gasteiger partial charge in [-0.05, 0) is 58.2 Å². The molecule has 200 valence electrons. The van der Waals surface area contributed by atoms with Gasteiger partial charge in [0.15, 0.2) is 5.82 Å². The third-order valence-corrected chi connectivity index (χ3v) is 7.49. The highest BCUT2D eigenvalue weighted by atomic mass is 19.1. The average molecular weight is 518 g/mol. The average Bonchev–Trinajstić information content (AvgIpc) is 3.43. The van der Waals surface area contributed by atoms with E-state index in [-0.39, 0.29) is 30.2 Å². The van der Waals surface area contributed by atoms with Crippen molar-refractivity contribution in [2.45, 2.75) is 82.9 Å². The molecular formula is C26H33F2N5O4. The molecule has 3 aliphatic rings. The number of carboxylic acid groups (broad SMARTS) is 1. The third kappa shape index (κ3) is 4.94. The van der Waals surface area contributed by atoms with E-state index in [1.54, 1.807) is 20.8 Å². The summed E-state index contributed by atoms with van der Waals surface area (Å²) in [7, 11) is 1.83. The molecule has 1 saturated heterocycles. The Bertz CT molecular complexity index is 1220. The molecule has 1 aromatic heterocycles. The number of halogens is 2. The first-order valence-electron chi connectivity index (χ1n) is 12.6. The van der Waals surface area contributed by atoms with Crippen LogP contribution in [0, 0.1) is 11.6 Å². The van der Waals surface area contributed by atoms with Gasteiger partial charge in [-0.1, -0.05) is 0 Å². The number of carbonyl (C=O) groups is 2. The lowest BCUT2D eigenvalue weighted by atomic mass is 9.88. The van der Waals surface area contributed by atoms with Crippen molar-refractivity contribution in [2.75, 3.05) is 6.61 Å². The third-order valence-electron chi connectivity index (χ3n) is 7.49. The molecule has 2 N–H and O–H groups in total. The largest absolute Gasteiger partial charge is 0.465 e. The highest BCUT2D eigenvalue weighted by molar-refractivity contribution is 5.91. The maximum atomic E-state index is 14.8. The van der Waals surface area contributed by atoms with Crippen molar-refractivity contribution >= 4 is 12.0 Å². The maximum Gasteiger partial charge on any atom is 0.408 e. The van der Waals surface area contributed by atoms with E-state index < -0.39 is 35.4 Å². The molecule has 2 aliphatic heterocycles. The maximum absolute atomic E-state index is 14.8. The number of ether oxygens (including phenoxy) is 1. The molecule has 2 fully saturated rings. The van der Waals surface area contributed by atoms with Gasteiger partial charge in [0.1, 0.15) is 17.7 Å². The zero-order valence-electron chi connectivity index (χ0n) is 21.5. The summed E-state index contributed by atoms with van der Waals surface area (Å²) in [5.41, 5.74) is 0.950. The van der Waals surface area contributed by atoms with Gasteiger partial charge in [-0.2, -0.15) is 0 Å². The van der Waals surface area contributed by atoms with Gasteiger partial charge in [-0.15, -0.1) is 0 Å². The number of hydrogen-bond acceptors (Lipinski definition) is 5. The van der Waals surface area contributed by atoms with E-state index in [9.17, 15) is 23.5 Å². The van der Waals surface area contributed by atoms with E-state index in [1.165, 1.54) is 4.90 Å². The second kappa shape index (κ2) is 9.36. The van der Waals surface area contributed by atoms with E-state index in [0.29, 0.717) is 25.3 Å². The van der Waals surface area contributed by atoms with Crippen molar-refractivity contribution in [1.29, 1.82) is 0 Å². The van der Waals surface area contributed by atoms with Gasteiger partial charge in [0.05, 0.1) is 24.0 Å². The van der Waals surface area contributed by atoms with Crippen LogP contribution in [0.4, 0.5) is 13.6 Å². The van der Waals surface area contributed by atoms with E-state index in [0.717, 1.165) is 42.4 Å². The van der Waals surface area contributed by atoms with Crippen LogP contribution in [0.25, 0.3) is 0 Å². The number of aromatic nitrogens is 2. The quantitative estimate of drug-likeness (QED) is 0.629. The van der Waals surface area contributed by atoms with Crippen LogP contribution < -0.4 is 5.32 Å². The fourth-order valence-electron chi connectivity index (χ4n) is 5.54. The lowest BCUT2D eigenvalue weighted by Crippen LogP contribution is -2.58. The van der Waals surface area contributed by atoms with Crippen LogP contribution in [-0.4, -0.2) is 66.7 Å². The molecule has 0 bridgehead atoms. The highest BCUT2D eigenvalue weighted by Gasteiger charge is 2.46. The summed E-state index contributed by atoms with van der Waals surface area (Å²) in [5, 5.41) is 13.1. The fraction of sp³-hybridized carbons (Fsp3) is 0.577. The summed E-state index contributed by atoms with van der Waals surface area (Å²) >= 11 is 0. The number of nitrogens with one attached hydrogen (secondary N) is 1. The minimum atomic E-state index is -1.15. The lowest BCUT2D eigenvalue weighted by molar-refractivity contribution is -0.103. The van der Waals surface area contributed by atoms with Crippen molar-refractivity contribution in [3.63, 3.8) is 0 Å². The molecule has 3 heterocycles. The zero-order valence-corrected chi connectivity index (χ0v) is 21.5. The van der Waals surface area contributed by atoms with Crippen molar-refractivity contribution < 1.29 is 28.2 Å². The Morgan fingerprint density at radius 2 is 1.95 bits per heavy atom. The van der Waals surface area contributed by atoms with Crippen molar-refractivity contribution in [1.82, 2.24) is 24.7 Å². The zero-order chi connectivity index (χ0) is 26.6. The molecule has 0 radical (unpaired) electrons. The minimum absolute atomic E-state index is 0.0108. The number of fused-ring (bicyclic) bond motifs is 1. The van der Waals surface area contributed by atoms with Crippen LogP contribution in [0.15, 0.2) is 18.2 Å². The molecule has 3 atom stereocenters. The first-order valence-corrected chi connectivity index (χ1v) is 12.6. The van der Waals surface area contributed by atoms with Crippen molar-refractivity contribution in [3.8, 4) is 0 Å². The standard InChI is InChI=1S/C26H33F2N5O4/c1-26(2,3)33(25(35)36)20-10-16(13-37-22(20)17-9-14(27)5-8-18(17)28)32-11-19-21(12-32)31(4)23(30-19)24(34)29-15-6-7-15/h5,8-9,15-16,20,22H,6-7,10-13H2,1-4H3,(H,29,34)(H,35,36)/t16-,20+,22-/m1/s1. The van der Waals surface area contributed by atoms with Crippen molar-refractivity contribution in [3.05, 3.63) is 52.6 Å². The Labute approximate surface area is 214 Å². The van der Waals surface area contributed by atoms with Gasteiger partial charge in [0.2, 0.25) is 0 Å². The van der Waals surface area contributed by atoms with Crippen LogP contribution in [0.1, 0.15) is 73.7 Å². The molecule has 1 aromatic carbocycles. The summed E-state index contributed by atoms with van der Waals surface area (Å²) in [6.45, 7) is 6.55. The predicted molar refractivity (Wildman–Crippen MR) is 130 cm³/mol. The Balaban J connectivity index is 1.39. The van der Waals surface area contributed by atoms with Crippen LogP contribution in [0.5, 0.6) is 0 Å². The van der Waals surface area contributed by atoms with Crippen molar-refractivity contribution in [2.24, 2.45) is 7.05 Å². The molecule has 9 nitrogen and oxygen atoms in total. The Morgan fingerprint density at radius 1 is 1.22 bits per heavy atom. The summed E-state index contributed by atoms with van der Waals surface area (Å²) < 4.78 is 36.8. The molecule has 11 heteroatoms. The molecule has 2 aromatic rings. The van der Waals surface area contributed by atoms with Gasteiger partial charge in [0.25, 0.3) is 5.91 Å². The number of rotatable bonds is 5. The van der Waals surface area contributed by atoms with Gasteiger partial charge >= 0.3 is 6.09 Å². The molecule has 1 aliphatic carbocycles. The Morgan fingerprint density at radius 3 is 2.57 bits per heavy atom. The summed E-state index contributed by atoms with van der Waals surface area (Å²) in [5.74, 6) is -1.03. The number of carbonyl (C=O) groups excluding carboxylic acids is 1. The normalized spacial score (nSPS) is 24.1. The fourth-order valence-corrected chi connectivity index (χ4v) is 5.54. The summed E-state index contributed by atoms with van der Waals surface area (Å²) in [6, 6.07) is 2.47. The van der Waals surface area contributed by atoms with Gasteiger partial charge in [0, 0.05) is 43.3 Å². The summed E-state index contributed by atoms with van der Waals surface area (Å²) in [6.07, 6.45) is 0.251. The monoisotopic (exact) mass is 517 g/mol. The van der Waals surface area contributed by atoms with Crippen LogP contribution in [-0.2, 0) is 24.9 Å². The molecular weight excluding hydrogens is 484 g/mol. The van der Waals surface area contributed by atoms with Gasteiger partial charge < -0.3 is 19.7 Å². The number of amides is 2. The van der Waals surface area contributed by atoms with Crippen LogP contribution in [0.2, 0.25) is 0 Å². The second-order valence-electron chi connectivity index (χ2n) is 11.2. The smallest absolute Gasteiger partial charge is 0.408 e. The van der Waals surface area contributed by atoms with E-state index in [1.807, 2.05) is 11.6 Å². The van der Waals surface area contributed by atoms with Gasteiger partial charge in [-0.25, -0.2) is 18.6 Å². The number of imidazole rings is 1. The van der Waals surface area contributed by atoms with E-state index in [4.69, 9.17) is 4.74 Å². The molecule has 0 unspecified atom stereocenters. The van der Waals surface area contributed by atoms with Gasteiger partial charge in [-0.3, -0.25) is 14.6 Å². The topological polar surface area (TPSA) is 99.9 Å². The van der Waals surface area contributed by atoms with Crippen LogP contribution >= 0.6 is 0 Å². The molecule has 37 heavy (non-hydrogen) atoms. The van der Waals surface area contributed by atoms with Crippen LogP contribution in [0.3, 0.4) is 0 Å². The van der Waals surface area contributed by atoms with E-state index in [2.05, 4.69) is 15.2 Å². The predicted octanol–water partition coefficient (Wildman–Crippen LogP) is 3.58. The second-order valence-corrected chi connectivity index (χ2v) is 11.2. The highest BCUT2D eigenvalue weighted by Crippen LogP contribution is 2.39. The molecule has 0 spiro atoms. The minimum Gasteiger partial charge on any atom is -0.465 e. The molecule has 5 rings (SSSR count). The summed E-state index contributed by atoms with van der Waals surface area (Å²) in [4.78, 5) is 33.0. The number of nitrogens with zero attached hydrogens (tertiary/aromatic N) is 4. The molecule has 1 saturated carbocycles. The molecule has 2 amide bonds. The first-order chi connectivity index (χ1) is 17.4.